The van der Waals surface area contributed by atoms with Gasteiger partial charge in [0.2, 0.25) is 17.6 Å². The predicted molar refractivity (Wildman–Crippen MR) is 125 cm³/mol. The van der Waals surface area contributed by atoms with Gasteiger partial charge in [-0.1, -0.05) is 46.6 Å². The summed E-state index contributed by atoms with van der Waals surface area (Å²) in [4.78, 5) is 21.7. The minimum Gasteiger partial charge on any atom is -0.354 e. The number of nitrogens with one attached hydrogen (secondary N) is 1. The zero-order chi connectivity index (χ0) is 22.3. The number of hydrogen-bond donors (Lipinski definition) is 1. The van der Waals surface area contributed by atoms with Crippen molar-refractivity contribution in [3.05, 3.63) is 47.4 Å². The Morgan fingerprint density at radius 2 is 1.94 bits per heavy atom. The molecule has 1 unspecified atom stereocenters. The van der Waals surface area contributed by atoms with E-state index in [1.54, 1.807) is 0 Å². The molecule has 0 radical (unpaired) electrons. The molecule has 2 heterocycles. The molecule has 2 aliphatic rings. The molecule has 0 spiro atoms. The maximum Gasteiger partial charge on any atom is 0.241 e. The molecule has 7 nitrogen and oxygen atoms in total. The minimum atomic E-state index is -0.103. The fourth-order valence-electron chi connectivity index (χ4n) is 4.43. The van der Waals surface area contributed by atoms with Crippen molar-refractivity contribution < 1.29 is 9.32 Å². The van der Waals surface area contributed by atoms with Crippen molar-refractivity contribution in [3.63, 3.8) is 0 Å². The number of aromatic nitrogens is 2. The third-order valence-corrected chi connectivity index (χ3v) is 6.60. The largest absolute Gasteiger partial charge is 0.354 e. The first-order valence-corrected chi connectivity index (χ1v) is 11.9. The fourth-order valence-corrected chi connectivity index (χ4v) is 4.43. The van der Waals surface area contributed by atoms with Crippen LogP contribution < -0.4 is 5.32 Å². The van der Waals surface area contributed by atoms with E-state index in [4.69, 9.17) is 4.52 Å². The molecule has 1 aliphatic carbocycles. The third kappa shape index (κ3) is 6.04. The maximum atomic E-state index is 12.6. The topological polar surface area (TPSA) is 74.5 Å². The summed E-state index contributed by atoms with van der Waals surface area (Å²) in [6.45, 7) is 8.94. The number of allylic oxidation sites excluding steroid dienone is 1. The second-order valence-corrected chi connectivity index (χ2v) is 9.02. The van der Waals surface area contributed by atoms with Gasteiger partial charge in [-0.05, 0) is 46.0 Å². The normalized spacial score (nSPS) is 18.9. The highest BCUT2D eigenvalue weighted by Gasteiger charge is 2.26. The van der Waals surface area contributed by atoms with Gasteiger partial charge in [0, 0.05) is 38.3 Å². The van der Waals surface area contributed by atoms with Crippen LogP contribution in [-0.2, 0) is 11.3 Å². The van der Waals surface area contributed by atoms with Crippen LogP contribution in [0.3, 0.4) is 0 Å². The second kappa shape index (κ2) is 10.9. The highest BCUT2D eigenvalue weighted by molar-refractivity contribution is 5.81. The average molecular weight is 438 g/mol. The molecule has 1 atom stereocenters. The van der Waals surface area contributed by atoms with Crippen molar-refractivity contribution in [2.75, 3.05) is 32.7 Å². The van der Waals surface area contributed by atoms with Crippen molar-refractivity contribution in [1.82, 2.24) is 25.3 Å². The number of rotatable bonds is 8. The molecular formula is C25H35N5O2. The highest BCUT2D eigenvalue weighted by atomic mass is 16.5. The van der Waals surface area contributed by atoms with Gasteiger partial charge in [-0.25, -0.2) is 0 Å². The molecule has 172 valence electrons. The summed E-state index contributed by atoms with van der Waals surface area (Å²) < 4.78 is 5.47. The van der Waals surface area contributed by atoms with Crippen LogP contribution in [0.25, 0.3) is 11.4 Å². The third-order valence-electron chi connectivity index (χ3n) is 6.60. The summed E-state index contributed by atoms with van der Waals surface area (Å²) in [6.07, 6.45) is 8.32. The van der Waals surface area contributed by atoms with Crippen molar-refractivity contribution >= 4 is 5.91 Å². The molecule has 7 heteroatoms. The lowest BCUT2D eigenvalue weighted by molar-refractivity contribution is -0.126. The zero-order valence-electron chi connectivity index (χ0n) is 19.3. The Morgan fingerprint density at radius 1 is 1.16 bits per heavy atom. The second-order valence-electron chi connectivity index (χ2n) is 9.02. The van der Waals surface area contributed by atoms with E-state index in [0.29, 0.717) is 18.3 Å². The number of nitrogens with zero attached hydrogens (tertiary/aromatic N) is 4. The van der Waals surface area contributed by atoms with Crippen LogP contribution in [0.1, 0.15) is 50.5 Å². The number of hydrogen-bond acceptors (Lipinski definition) is 6. The maximum absolute atomic E-state index is 12.6. The summed E-state index contributed by atoms with van der Waals surface area (Å²) in [7, 11) is 0. The molecule has 1 saturated heterocycles. The Morgan fingerprint density at radius 3 is 2.66 bits per heavy atom. The quantitative estimate of drug-likeness (QED) is 0.637. The van der Waals surface area contributed by atoms with Gasteiger partial charge in [0.25, 0.3) is 0 Å². The van der Waals surface area contributed by atoms with E-state index in [9.17, 15) is 4.79 Å². The molecule has 1 N–H and O–H groups in total. The van der Waals surface area contributed by atoms with Gasteiger partial charge in [0.1, 0.15) is 0 Å². The fraction of sp³-hybridized carbons (Fsp3) is 0.560. The lowest BCUT2D eigenvalue weighted by Crippen LogP contribution is -2.53. The first-order chi connectivity index (χ1) is 15.6. The first kappa shape index (κ1) is 22.7. The van der Waals surface area contributed by atoms with Crippen molar-refractivity contribution in [2.24, 2.45) is 0 Å². The molecule has 2 aromatic rings. The first-order valence-electron chi connectivity index (χ1n) is 11.9. The Balaban J connectivity index is 1.19. The van der Waals surface area contributed by atoms with Gasteiger partial charge in [0.05, 0.1) is 12.6 Å². The minimum absolute atomic E-state index is 0.103. The molecule has 1 aliphatic heterocycles. The number of aryl methyl sites for hydroxylation is 1. The van der Waals surface area contributed by atoms with Crippen LogP contribution in [0.4, 0.5) is 0 Å². The van der Waals surface area contributed by atoms with Crippen LogP contribution >= 0.6 is 0 Å². The van der Waals surface area contributed by atoms with Gasteiger partial charge in [0.15, 0.2) is 0 Å². The average Bonchev–Trinajstić information content (AvgIpc) is 3.28. The Hall–Kier alpha value is -2.51. The van der Waals surface area contributed by atoms with Gasteiger partial charge in [-0.3, -0.25) is 14.6 Å². The van der Waals surface area contributed by atoms with Crippen LogP contribution in [0.2, 0.25) is 0 Å². The number of benzene rings is 1. The smallest absolute Gasteiger partial charge is 0.241 e. The van der Waals surface area contributed by atoms with E-state index in [0.717, 1.165) is 44.7 Å². The molecule has 1 aromatic carbocycles. The molecule has 0 bridgehead atoms. The Labute approximate surface area is 190 Å². The summed E-state index contributed by atoms with van der Waals surface area (Å²) in [5, 5.41) is 7.26. The van der Waals surface area contributed by atoms with Gasteiger partial charge in [-0.15, -0.1) is 0 Å². The van der Waals surface area contributed by atoms with E-state index in [1.807, 2.05) is 19.1 Å². The Bertz CT molecular complexity index is 913. The van der Waals surface area contributed by atoms with E-state index in [1.165, 1.54) is 36.8 Å². The van der Waals surface area contributed by atoms with E-state index in [2.05, 4.69) is 50.4 Å². The van der Waals surface area contributed by atoms with Gasteiger partial charge < -0.3 is 9.84 Å². The summed E-state index contributed by atoms with van der Waals surface area (Å²) in [6, 6.07) is 8.03. The monoisotopic (exact) mass is 437 g/mol. The van der Waals surface area contributed by atoms with E-state index in [-0.39, 0.29) is 11.9 Å². The molecule has 1 fully saturated rings. The van der Waals surface area contributed by atoms with Crippen LogP contribution in [0.5, 0.6) is 0 Å². The van der Waals surface area contributed by atoms with Gasteiger partial charge in [-0.2, -0.15) is 4.98 Å². The zero-order valence-corrected chi connectivity index (χ0v) is 19.3. The highest BCUT2D eigenvalue weighted by Crippen LogP contribution is 2.20. The predicted octanol–water partition coefficient (Wildman–Crippen LogP) is 3.56. The van der Waals surface area contributed by atoms with Crippen LogP contribution in [0.15, 0.2) is 40.4 Å². The molecular weight excluding hydrogens is 402 g/mol. The van der Waals surface area contributed by atoms with Crippen molar-refractivity contribution in [2.45, 2.75) is 58.5 Å². The van der Waals surface area contributed by atoms with Crippen LogP contribution in [0, 0.1) is 6.92 Å². The van der Waals surface area contributed by atoms with E-state index < -0.39 is 0 Å². The van der Waals surface area contributed by atoms with Gasteiger partial charge >= 0.3 is 0 Å². The lowest BCUT2D eigenvalue weighted by Gasteiger charge is -2.36. The van der Waals surface area contributed by atoms with Crippen LogP contribution in [-0.4, -0.2) is 64.6 Å². The number of piperazine rings is 1. The van der Waals surface area contributed by atoms with Crippen molar-refractivity contribution in [1.29, 1.82) is 0 Å². The number of carbonyl (C=O) groups excluding carboxylic acids is 1. The molecule has 32 heavy (non-hydrogen) atoms. The molecule has 1 amide bonds. The lowest BCUT2D eigenvalue weighted by atomic mass is 9.97. The molecule has 1 aromatic heterocycles. The molecule has 4 rings (SSSR count). The summed E-state index contributed by atoms with van der Waals surface area (Å²) >= 11 is 0. The SMILES string of the molecule is Cc1ccc(-c2noc(CN3CCN(C(C)C(=O)NCCC4=CCCCC4)CC3)n2)cc1. The number of carbonyl (C=O) groups is 1. The molecule has 0 saturated carbocycles. The van der Waals surface area contributed by atoms with Crippen molar-refractivity contribution in [3.8, 4) is 11.4 Å². The summed E-state index contributed by atoms with van der Waals surface area (Å²) in [5.74, 6) is 1.40. The summed E-state index contributed by atoms with van der Waals surface area (Å²) in [5.41, 5.74) is 3.68. The van der Waals surface area contributed by atoms with E-state index >= 15 is 0 Å². The number of amides is 1. The Kier molecular flexibility index (Phi) is 7.71. The standard InChI is InChI=1S/C25H35N5O2/c1-19-8-10-22(11-9-19)24-27-23(32-28-24)18-29-14-16-30(17-15-29)20(2)25(31)26-13-12-21-6-4-3-5-7-21/h6,8-11,20H,3-5,7,12-18H2,1-2H3,(H,26,31).